The van der Waals surface area contributed by atoms with Crippen LogP contribution in [0.25, 0.3) is 0 Å². The molecule has 0 aliphatic carbocycles. The summed E-state index contributed by atoms with van der Waals surface area (Å²) in [6.07, 6.45) is -8.29. The van der Waals surface area contributed by atoms with Gasteiger partial charge in [0.1, 0.15) is 29.2 Å². The number of alkyl carbamates (subject to hydrolysis) is 1. The van der Waals surface area contributed by atoms with E-state index in [0.717, 1.165) is 0 Å². The monoisotopic (exact) mass is 831 g/mol. The first kappa shape index (κ1) is 50.1. The number of aliphatic hydroxyl groups excluding tert-OH is 2. The summed E-state index contributed by atoms with van der Waals surface area (Å²) in [5.74, 6) is -4.66. The van der Waals surface area contributed by atoms with E-state index in [1.54, 1.807) is 48.5 Å². The minimum atomic E-state index is -2.00. The third kappa shape index (κ3) is 11.2. The molecule has 16 heteroatoms. The predicted molar refractivity (Wildman–Crippen MR) is 214 cm³/mol. The molecule has 0 aromatic carbocycles. The molecule has 4 N–H and O–H groups in total. The molecule has 3 aliphatic heterocycles. The zero-order valence-corrected chi connectivity index (χ0v) is 37.3. The van der Waals surface area contributed by atoms with Gasteiger partial charge in [-0.3, -0.25) is 9.59 Å². The summed E-state index contributed by atoms with van der Waals surface area (Å²) >= 11 is 0. The normalized spacial score (nSPS) is 44.9. The Balaban J connectivity index is 2.20. The Labute approximate surface area is 345 Å². The van der Waals surface area contributed by atoms with Gasteiger partial charge in [-0.15, -0.1) is 6.58 Å². The maximum Gasteiger partial charge on any atom is 0.407 e. The number of carbonyl (C=O) groups is 3. The van der Waals surface area contributed by atoms with Crippen molar-refractivity contribution in [3.8, 4) is 0 Å². The highest BCUT2D eigenvalue weighted by Crippen LogP contribution is 2.42. The molecule has 0 radical (unpaired) electrons. The predicted octanol–water partition coefficient (Wildman–Crippen LogP) is 3.36. The number of nitrogens with zero attached hydrogens (tertiary/aromatic N) is 1. The summed E-state index contributed by atoms with van der Waals surface area (Å²) in [6, 6.07) is -0.309. The van der Waals surface area contributed by atoms with E-state index in [2.05, 4.69) is 11.9 Å². The molecule has 0 saturated carbocycles. The number of esters is 1. The molecule has 3 heterocycles. The third-order valence-electron chi connectivity index (χ3n) is 12.9. The average Bonchev–Trinajstić information content (AvgIpc) is 3.17. The van der Waals surface area contributed by atoms with Crippen molar-refractivity contribution >= 4 is 17.8 Å². The zero-order valence-electron chi connectivity index (χ0n) is 37.3. The smallest absolute Gasteiger partial charge is 0.407 e. The molecule has 0 unspecified atom stereocenters. The molecule has 0 aromatic rings. The third-order valence-corrected chi connectivity index (χ3v) is 12.9. The molecular weight excluding hydrogens is 756 g/mol. The van der Waals surface area contributed by atoms with Gasteiger partial charge < -0.3 is 63.4 Å². The first-order valence-electron chi connectivity index (χ1n) is 20.7. The molecule has 0 bridgehead atoms. The summed E-state index contributed by atoms with van der Waals surface area (Å²) in [4.78, 5) is 43.0. The van der Waals surface area contributed by atoms with Gasteiger partial charge in [-0.25, -0.2) is 4.79 Å². The number of cyclic esters (lactones) is 1. The van der Waals surface area contributed by atoms with E-state index >= 15 is 0 Å². The van der Waals surface area contributed by atoms with Crippen molar-refractivity contribution in [2.24, 2.45) is 23.7 Å². The maximum absolute atomic E-state index is 14.4. The van der Waals surface area contributed by atoms with Crippen LogP contribution in [0.2, 0.25) is 0 Å². The number of amides is 1. The Hall–Kier alpha value is -2.25. The van der Waals surface area contributed by atoms with E-state index in [9.17, 15) is 29.7 Å². The Morgan fingerprint density at radius 2 is 1.55 bits per heavy atom. The number of Topliss-reactive ketones (excluding diaryl/α,β-unsaturated/α-hetero) is 1. The Morgan fingerprint density at radius 3 is 2.10 bits per heavy atom. The molecule has 3 aliphatic rings. The molecule has 58 heavy (non-hydrogen) atoms. The molecule has 3 saturated heterocycles. The number of rotatable bonds is 11. The van der Waals surface area contributed by atoms with E-state index in [-0.39, 0.29) is 43.7 Å². The highest BCUT2D eigenvalue weighted by molar-refractivity contribution is 5.83. The fraction of sp³-hybridized carbons (Fsp3) is 0.881. The van der Waals surface area contributed by atoms with Crippen molar-refractivity contribution in [1.82, 2.24) is 10.2 Å². The van der Waals surface area contributed by atoms with Crippen molar-refractivity contribution in [2.45, 2.75) is 179 Å². The van der Waals surface area contributed by atoms with Gasteiger partial charge in [0.2, 0.25) is 0 Å². The van der Waals surface area contributed by atoms with Gasteiger partial charge in [0.15, 0.2) is 18.7 Å². The van der Waals surface area contributed by atoms with Crippen LogP contribution in [0.5, 0.6) is 0 Å². The lowest BCUT2D eigenvalue weighted by molar-refractivity contribution is -0.319. The quantitative estimate of drug-likeness (QED) is 0.174. The second-order valence-electron chi connectivity index (χ2n) is 17.7. The van der Waals surface area contributed by atoms with Gasteiger partial charge in [-0.2, -0.15) is 0 Å². The molecule has 0 aromatic heterocycles. The van der Waals surface area contributed by atoms with E-state index in [4.69, 9.17) is 37.9 Å². The molecule has 18 atom stereocenters. The minimum Gasteiger partial charge on any atom is -0.459 e. The number of hydrogen-bond donors (Lipinski definition) is 4. The van der Waals surface area contributed by atoms with Crippen LogP contribution < -0.4 is 5.32 Å². The Bertz CT molecular complexity index is 1380. The van der Waals surface area contributed by atoms with E-state index < -0.39 is 108 Å². The number of aliphatic hydroxyl groups is 3. The lowest BCUT2D eigenvalue weighted by atomic mass is 9.74. The van der Waals surface area contributed by atoms with Gasteiger partial charge in [0.25, 0.3) is 0 Å². The van der Waals surface area contributed by atoms with E-state index in [0.29, 0.717) is 6.42 Å². The minimum absolute atomic E-state index is 0.0691. The summed E-state index contributed by atoms with van der Waals surface area (Å²) in [5, 5.41) is 37.5. The highest BCUT2D eigenvalue weighted by Gasteiger charge is 2.55. The first-order valence-corrected chi connectivity index (χ1v) is 20.7. The molecule has 3 fully saturated rings. The van der Waals surface area contributed by atoms with Crippen LogP contribution in [0.1, 0.15) is 94.9 Å². The average molecular weight is 831 g/mol. The molecule has 3 rings (SSSR count). The fourth-order valence-electron chi connectivity index (χ4n) is 9.11. The van der Waals surface area contributed by atoms with Crippen molar-refractivity contribution in [1.29, 1.82) is 0 Å². The number of nitrogens with one attached hydrogen (secondary N) is 1. The van der Waals surface area contributed by atoms with Crippen molar-refractivity contribution in [2.75, 3.05) is 34.9 Å². The number of methoxy groups -OCH3 is 2. The summed E-state index contributed by atoms with van der Waals surface area (Å²) in [6.45, 7) is 20.8. The number of ether oxygens (including phenoxy) is 8. The molecule has 16 nitrogen and oxygen atoms in total. The van der Waals surface area contributed by atoms with E-state index in [1.165, 1.54) is 27.2 Å². The van der Waals surface area contributed by atoms with Gasteiger partial charge in [0.05, 0.1) is 42.0 Å². The lowest BCUT2D eigenvalue weighted by Crippen LogP contribution is -2.62. The van der Waals surface area contributed by atoms with Gasteiger partial charge in [-0.1, -0.05) is 33.8 Å². The number of likely N-dealkylation sites (N-methyl/N-ethyl adjacent to an activating group) is 1. The van der Waals surface area contributed by atoms with Gasteiger partial charge in [0, 0.05) is 51.0 Å². The summed E-state index contributed by atoms with van der Waals surface area (Å²) in [7, 11) is 6.74. The number of hydrogen-bond acceptors (Lipinski definition) is 15. The fourth-order valence-corrected chi connectivity index (χ4v) is 9.11. The molecule has 1 amide bonds. The maximum atomic E-state index is 14.4. The number of carbonyl (C=O) groups excluding carboxylic acids is 3. The standard InChI is InChI=1S/C42H74N2O14/c1-16-18-43-39(49)58-36-27(8)54-30(21-41(36,10)52-15)56-33-25(6)35(57-38-32(46)28(44(12)13)19-23(4)53-38)40(9,51-14)20-22(3)31(45)24(5)34(47)42(11,50)29(17-2)55-37(48)26(33)7/h16,22-30,32-36,38,46-47,50H,1,17-21H2,2-15H3,(H,43,49)/t22-,23-,24+,25+,26-,27+,28+,29-,30+,32-,33+,34-,35-,36+,38+,40+,41-,42-/m1/s1. The van der Waals surface area contributed by atoms with Crippen LogP contribution in [0, 0.1) is 23.7 Å². The van der Waals surface area contributed by atoms with Crippen molar-refractivity contribution in [3.63, 3.8) is 0 Å². The Kier molecular flexibility index (Phi) is 17.7. The van der Waals surface area contributed by atoms with E-state index in [1.807, 2.05) is 32.8 Å². The molecule has 0 spiro atoms. The topological polar surface area (TPSA) is 201 Å². The first-order chi connectivity index (χ1) is 26.9. The largest absolute Gasteiger partial charge is 0.459 e. The zero-order chi connectivity index (χ0) is 44.1. The molecule has 336 valence electrons. The van der Waals surface area contributed by atoms with Crippen LogP contribution >= 0.6 is 0 Å². The van der Waals surface area contributed by atoms with Crippen LogP contribution in [0.3, 0.4) is 0 Å². The summed E-state index contributed by atoms with van der Waals surface area (Å²) in [5.41, 5.74) is -4.39. The second kappa shape index (κ2) is 20.5. The van der Waals surface area contributed by atoms with Crippen LogP contribution in [0.15, 0.2) is 12.7 Å². The van der Waals surface area contributed by atoms with Crippen molar-refractivity contribution in [3.05, 3.63) is 12.7 Å². The van der Waals surface area contributed by atoms with Crippen LogP contribution in [-0.4, -0.2) is 157 Å². The highest BCUT2D eigenvalue weighted by atomic mass is 16.7. The molecular formula is C42H74N2O14. The SMILES string of the molecule is C=CCNC(=O)O[C@H]1[C@H](C)O[C@@H](O[C@H]2[C@H](C)[C@@H](O[C@@H]3O[C@H](C)C[C@H](N(C)C)[C@H]3O)[C@@](C)(OC)C[C@@H](C)C(=O)[C@H](C)[C@@H](O)[C@](C)(O)[C@@H](CC)OC(=O)[C@@H]2C)C[C@@]1(C)OC. The van der Waals surface area contributed by atoms with Gasteiger partial charge in [-0.05, 0) is 74.9 Å². The second-order valence-corrected chi connectivity index (χ2v) is 17.7. The van der Waals surface area contributed by atoms with Crippen LogP contribution in [-0.2, 0) is 47.5 Å². The Morgan fingerprint density at radius 1 is 0.948 bits per heavy atom. The number of ketones is 1. The summed E-state index contributed by atoms with van der Waals surface area (Å²) < 4.78 is 50.4. The lowest BCUT2D eigenvalue weighted by Gasteiger charge is -2.50. The van der Waals surface area contributed by atoms with Crippen LogP contribution in [0.4, 0.5) is 4.79 Å². The van der Waals surface area contributed by atoms with Crippen molar-refractivity contribution < 1.29 is 67.6 Å². The van der Waals surface area contributed by atoms with Gasteiger partial charge >= 0.3 is 12.1 Å².